The van der Waals surface area contributed by atoms with Crippen LogP contribution in [-0.4, -0.2) is 37.3 Å². The molecule has 1 atom stereocenters. The van der Waals surface area contributed by atoms with E-state index < -0.39 is 6.10 Å². The Balaban J connectivity index is 2.13. The van der Waals surface area contributed by atoms with E-state index in [9.17, 15) is 4.79 Å². The minimum absolute atomic E-state index is 0.119. The molecule has 0 radical (unpaired) electrons. The maximum Gasteiger partial charge on any atom is 0.251 e. The Kier molecular flexibility index (Phi) is 3.87. The van der Waals surface area contributed by atoms with E-state index >= 15 is 0 Å². The summed E-state index contributed by atoms with van der Waals surface area (Å²) in [6.07, 6.45) is 1.64. The molecular weight excluding hydrogens is 228 g/mol. The number of rotatable bonds is 3. The molecule has 1 aromatic rings. The van der Waals surface area contributed by atoms with E-state index in [2.05, 4.69) is 17.3 Å². The molecule has 0 fully saturated rings. The SMILES string of the molecule is CC(O)CNC(=O)c1ccc2c(c1)CCCN2C. The zero-order chi connectivity index (χ0) is 13.1. The Morgan fingerprint density at radius 1 is 1.56 bits per heavy atom. The average molecular weight is 248 g/mol. The maximum absolute atomic E-state index is 11.9. The molecule has 1 heterocycles. The van der Waals surface area contributed by atoms with Crippen LogP contribution < -0.4 is 10.2 Å². The number of amides is 1. The molecule has 0 saturated carbocycles. The van der Waals surface area contributed by atoms with Gasteiger partial charge in [0.2, 0.25) is 0 Å². The molecule has 0 spiro atoms. The van der Waals surface area contributed by atoms with Crippen LogP contribution in [0.5, 0.6) is 0 Å². The first-order chi connectivity index (χ1) is 8.58. The summed E-state index contributed by atoms with van der Waals surface area (Å²) in [5.74, 6) is -0.119. The summed E-state index contributed by atoms with van der Waals surface area (Å²) in [5.41, 5.74) is 3.12. The van der Waals surface area contributed by atoms with Crippen molar-refractivity contribution < 1.29 is 9.90 Å². The van der Waals surface area contributed by atoms with Gasteiger partial charge in [0.05, 0.1) is 6.10 Å². The normalized spacial score (nSPS) is 16.1. The Labute approximate surface area is 108 Å². The van der Waals surface area contributed by atoms with Crippen LogP contribution in [0.4, 0.5) is 5.69 Å². The van der Waals surface area contributed by atoms with Crippen molar-refractivity contribution in [1.82, 2.24) is 5.32 Å². The predicted octanol–water partition coefficient (Wildman–Crippen LogP) is 1.18. The zero-order valence-corrected chi connectivity index (χ0v) is 10.9. The third-order valence-corrected chi connectivity index (χ3v) is 3.25. The van der Waals surface area contributed by atoms with Crippen molar-refractivity contribution in [3.8, 4) is 0 Å². The van der Waals surface area contributed by atoms with Gasteiger partial charge in [-0.15, -0.1) is 0 Å². The predicted molar refractivity (Wildman–Crippen MR) is 72.0 cm³/mol. The molecule has 4 heteroatoms. The topological polar surface area (TPSA) is 52.6 Å². The summed E-state index contributed by atoms with van der Waals surface area (Å²) in [7, 11) is 2.07. The standard InChI is InChI=1S/C14H20N2O2/c1-10(17)9-15-14(18)12-5-6-13-11(8-12)4-3-7-16(13)2/h5-6,8,10,17H,3-4,7,9H2,1-2H3,(H,15,18). The second-order valence-electron chi connectivity index (χ2n) is 4.93. The lowest BCUT2D eigenvalue weighted by Crippen LogP contribution is -2.31. The van der Waals surface area contributed by atoms with E-state index in [0.29, 0.717) is 5.56 Å². The third-order valence-electron chi connectivity index (χ3n) is 3.25. The van der Waals surface area contributed by atoms with Crippen LogP contribution in [0.1, 0.15) is 29.3 Å². The van der Waals surface area contributed by atoms with Crippen molar-refractivity contribution in [3.63, 3.8) is 0 Å². The average Bonchev–Trinajstić information content (AvgIpc) is 2.35. The van der Waals surface area contributed by atoms with Gasteiger partial charge in [-0.25, -0.2) is 0 Å². The number of fused-ring (bicyclic) bond motifs is 1. The van der Waals surface area contributed by atoms with Crippen LogP contribution in [0, 0.1) is 0 Å². The van der Waals surface area contributed by atoms with Crippen LogP contribution in [0.25, 0.3) is 0 Å². The molecule has 2 rings (SSSR count). The first-order valence-electron chi connectivity index (χ1n) is 6.38. The number of anilines is 1. The second-order valence-corrected chi connectivity index (χ2v) is 4.93. The quantitative estimate of drug-likeness (QED) is 0.844. The number of nitrogens with one attached hydrogen (secondary N) is 1. The summed E-state index contributed by atoms with van der Waals surface area (Å²) in [4.78, 5) is 14.1. The summed E-state index contributed by atoms with van der Waals surface area (Å²) in [5, 5.41) is 11.9. The largest absolute Gasteiger partial charge is 0.392 e. The number of aryl methyl sites for hydroxylation is 1. The van der Waals surface area contributed by atoms with Crippen LogP contribution in [0.3, 0.4) is 0 Å². The van der Waals surface area contributed by atoms with E-state index in [1.807, 2.05) is 18.2 Å². The first-order valence-corrected chi connectivity index (χ1v) is 6.38. The molecule has 98 valence electrons. The molecule has 0 aliphatic carbocycles. The highest BCUT2D eigenvalue weighted by atomic mass is 16.3. The van der Waals surface area contributed by atoms with Gasteiger partial charge in [-0.3, -0.25) is 4.79 Å². The minimum Gasteiger partial charge on any atom is -0.392 e. The van der Waals surface area contributed by atoms with Crippen LogP contribution >= 0.6 is 0 Å². The highest BCUT2D eigenvalue weighted by Crippen LogP contribution is 2.26. The summed E-state index contributed by atoms with van der Waals surface area (Å²) >= 11 is 0. The van der Waals surface area contributed by atoms with E-state index in [0.717, 1.165) is 19.4 Å². The molecule has 0 aromatic heterocycles. The van der Waals surface area contributed by atoms with Gasteiger partial charge in [-0.1, -0.05) is 0 Å². The van der Waals surface area contributed by atoms with Crippen molar-refractivity contribution in [2.45, 2.75) is 25.9 Å². The Morgan fingerprint density at radius 3 is 3.06 bits per heavy atom. The molecule has 18 heavy (non-hydrogen) atoms. The van der Waals surface area contributed by atoms with E-state index in [1.165, 1.54) is 11.3 Å². The van der Waals surface area contributed by atoms with E-state index in [-0.39, 0.29) is 12.5 Å². The maximum atomic E-state index is 11.9. The number of carbonyl (C=O) groups excluding carboxylic acids is 1. The Bertz CT molecular complexity index is 443. The number of nitrogens with zero attached hydrogens (tertiary/aromatic N) is 1. The van der Waals surface area contributed by atoms with Crippen molar-refractivity contribution in [3.05, 3.63) is 29.3 Å². The zero-order valence-electron chi connectivity index (χ0n) is 10.9. The van der Waals surface area contributed by atoms with Crippen molar-refractivity contribution in [2.24, 2.45) is 0 Å². The molecule has 1 aliphatic rings. The van der Waals surface area contributed by atoms with Crippen LogP contribution in [0.15, 0.2) is 18.2 Å². The second kappa shape index (κ2) is 5.40. The molecule has 1 amide bonds. The third kappa shape index (κ3) is 2.82. The fourth-order valence-electron chi connectivity index (χ4n) is 2.27. The van der Waals surface area contributed by atoms with Crippen molar-refractivity contribution in [2.75, 3.05) is 25.0 Å². The molecule has 4 nitrogen and oxygen atoms in total. The lowest BCUT2D eigenvalue weighted by Gasteiger charge is -2.27. The minimum atomic E-state index is -0.516. The van der Waals surface area contributed by atoms with Gasteiger partial charge in [-0.2, -0.15) is 0 Å². The number of hydrogen-bond donors (Lipinski definition) is 2. The fourth-order valence-corrected chi connectivity index (χ4v) is 2.27. The van der Waals surface area contributed by atoms with E-state index in [1.54, 1.807) is 6.92 Å². The molecule has 0 bridgehead atoms. The number of aliphatic hydroxyl groups is 1. The van der Waals surface area contributed by atoms with Crippen molar-refractivity contribution >= 4 is 11.6 Å². The molecule has 1 unspecified atom stereocenters. The van der Waals surface area contributed by atoms with Gasteiger partial charge in [0, 0.05) is 31.4 Å². The summed E-state index contributed by atoms with van der Waals surface area (Å²) in [6.45, 7) is 3.01. The summed E-state index contributed by atoms with van der Waals surface area (Å²) < 4.78 is 0. The Morgan fingerprint density at radius 2 is 2.33 bits per heavy atom. The van der Waals surface area contributed by atoms with Gasteiger partial charge < -0.3 is 15.3 Å². The van der Waals surface area contributed by atoms with E-state index in [4.69, 9.17) is 5.11 Å². The summed E-state index contributed by atoms with van der Waals surface area (Å²) in [6, 6.07) is 5.81. The number of hydrogen-bond acceptors (Lipinski definition) is 3. The smallest absolute Gasteiger partial charge is 0.251 e. The van der Waals surface area contributed by atoms with Gasteiger partial charge in [0.25, 0.3) is 5.91 Å². The fraction of sp³-hybridized carbons (Fsp3) is 0.500. The Hall–Kier alpha value is -1.55. The molecule has 1 aromatic carbocycles. The first kappa shape index (κ1) is 12.9. The highest BCUT2D eigenvalue weighted by molar-refractivity contribution is 5.95. The lowest BCUT2D eigenvalue weighted by molar-refractivity contribution is 0.0924. The van der Waals surface area contributed by atoms with Gasteiger partial charge in [0.15, 0.2) is 0 Å². The molecular formula is C14H20N2O2. The number of aliphatic hydroxyl groups excluding tert-OH is 1. The van der Waals surface area contributed by atoms with Crippen molar-refractivity contribution in [1.29, 1.82) is 0 Å². The molecule has 2 N–H and O–H groups in total. The lowest BCUT2D eigenvalue weighted by atomic mass is 9.99. The van der Waals surface area contributed by atoms with Crippen LogP contribution in [0.2, 0.25) is 0 Å². The van der Waals surface area contributed by atoms with Gasteiger partial charge >= 0.3 is 0 Å². The van der Waals surface area contributed by atoms with Gasteiger partial charge in [-0.05, 0) is 43.5 Å². The highest BCUT2D eigenvalue weighted by Gasteiger charge is 2.15. The number of benzene rings is 1. The monoisotopic (exact) mass is 248 g/mol. The van der Waals surface area contributed by atoms with Gasteiger partial charge in [0.1, 0.15) is 0 Å². The van der Waals surface area contributed by atoms with Crippen LogP contribution in [-0.2, 0) is 6.42 Å². The molecule has 1 aliphatic heterocycles. The number of carbonyl (C=O) groups is 1. The molecule has 0 saturated heterocycles.